The third-order valence-corrected chi connectivity index (χ3v) is 2.55. The van der Waals surface area contributed by atoms with Crippen LogP contribution in [-0.2, 0) is 4.79 Å². The fraction of sp³-hybridized carbons (Fsp3) is 0.400. The Morgan fingerprint density at radius 1 is 1.56 bits per heavy atom. The molecule has 2 aromatic heterocycles. The van der Waals surface area contributed by atoms with E-state index in [0.717, 1.165) is 0 Å². The molecule has 0 spiro atoms. The summed E-state index contributed by atoms with van der Waals surface area (Å²) in [6.45, 7) is 3.44. The number of hydrogen-bond donors (Lipinski definition) is 1. The van der Waals surface area contributed by atoms with Gasteiger partial charge in [0.1, 0.15) is 5.78 Å². The molecule has 0 amide bonds. The molecular weight excluding hydrogens is 208 g/mol. The van der Waals surface area contributed by atoms with Crippen LogP contribution in [0.3, 0.4) is 0 Å². The highest BCUT2D eigenvalue weighted by atomic mass is 16.2. The van der Waals surface area contributed by atoms with Gasteiger partial charge in [-0.15, -0.1) is 0 Å². The zero-order valence-corrected chi connectivity index (χ0v) is 9.10. The molecule has 1 unspecified atom stereocenters. The Balaban J connectivity index is 2.57. The van der Waals surface area contributed by atoms with Crippen molar-refractivity contribution >= 4 is 11.4 Å². The molecule has 84 valence electrons. The molecule has 0 saturated carbocycles. The van der Waals surface area contributed by atoms with Crippen LogP contribution in [0.5, 0.6) is 0 Å². The zero-order chi connectivity index (χ0) is 11.7. The Kier molecular flexibility index (Phi) is 2.55. The molecule has 0 aliphatic rings. The molecule has 2 heterocycles. The molecule has 6 heteroatoms. The summed E-state index contributed by atoms with van der Waals surface area (Å²) in [5.74, 6) is -0.211. The highest BCUT2D eigenvalue weighted by Crippen LogP contribution is 2.17. The summed E-state index contributed by atoms with van der Waals surface area (Å²) in [5.41, 5.74) is 0.661. The molecule has 0 bridgehead atoms. The molecule has 2 aromatic rings. The molecule has 0 aromatic carbocycles. The van der Waals surface area contributed by atoms with E-state index in [1.54, 1.807) is 12.1 Å². The van der Waals surface area contributed by atoms with Crippen molar-refractivity contribution in [2.24, 2.45) is 0 Å². The lowest BCUT2D eigenvalue weighted by atomic mass is 9.98. The van der Waals surface area contributed by atoms with Gasteiger partial charge in [0.2, 0.25) is 0 Å². The number of ketones is 1. The van der Waals surface area contributed by atoms with Gasteiger partial charge in [-0.05, 0) is 25.5 Å². The average Bonchev–Trinajstić information content (AvgIpc) is 2.61. The maximum absolute atomic E-state index is 11.4. The number of fused-ring (bicyclic) bond motifs is 1. The van der Waals surface area contributed by atoms with Crippen LogP contribution in [0.25, 0.3) is 5.65 Å². The van der Waals surface area contributed by atoms with Gasteiger partial charge in [0.15, 0.2) is 5.65 Å². The van der Waals surface area contributed by atoms with E-state index in [1.165, 1.54) is 11.4 Å². The predicted octanol–water partition coefficient (Wildman–Crippen LogP) is 0.500. The number of nitrogens with one attached hydrogen (secondary N) is 1. The summed E-state index contributed by atoms with van der Waals surface area (Å²) in [4.78, 5) is 22.7. The van der Waals surface area contributed by atoms with Gasteiger partial charge >= 0.3 is 5.69 Å². The fourth-order valence-corrected chi connectivity index (χ4v) is 1.71. The normalized spacial score (nSPS) is 12.9. The van der Waals surface area contributed by atoms with Gasteiger partial charge in [-0.2, -0.15) is 14.7 Å². The number of aromatic nitrogens is 4. The quantitative estimate of drug-likeness (QED) is 0.816. The van der Waals surface area contributed by atoms with Crippen molar-refractivity contribution in [1.29, 1.82) is 0 Å². The van der Waals surface area contributed by atoms with Gasteiger partial charge in [0, 0.05) is 0 Å². The van der Waals surface area contributed by atoms with Crippen molar-refractivity contribution in [3.8, 4) is 0 Å². The number of nitrogens with zero attached hydrogens (tertiary/aromatic N) is 3. The Hall–Kier alpha value is -1.98. The number of hydrogen-bond acceptors (Lipinski definition) is 4. The van der Waals surface area contributed by atoms with Crippen LogP contribution < -0.4 is 5.69 Å². The minimum absolute atomic E-state index is 0.0471. The second-order valence-corrected chi connectivity index (χ2v) is 3.63. The topological polar surface area (TPSA) is 80.1 Å². The molecule has 0 aliphatic heterocycles. The Morgan fingerprint density at radius 3 is 2.94 bits per heavy atom. The fourth-order valence-electron chi connectivity index (χ4n) is 1.71. The number of H-pyrrole nitrogens is 1. The molecule has 0 radical (unpaired) electrons. The summed E-state index contributed by atoms with van der Waals surface area (Å²) in [6, 6.07) is 3.40. The van der Waals surface area contributed by atoms with Gasteiger partial charge in [0.25, 0.3) is 0 Å². The van der Waals surface area contributed by atoms with Crippen molar-refractivity contribution < 1.29 is 4.79 Å². The van der Waals surface area contributed by atoms with E-state index in [9.17, 15) is 9.59 Å². The van der Waals surface area contributed by atoms with E-state index in [0.29, 0.717) is 17.8 Å². The summed E-state index contributed by atoms with van der Waals surface area (Å²) >= 11 is 0. The minimum atomic E-state index is -0.393. The third-order valence-electron chi connectivity index (χ3n) is 2.55. The third kappa shape index (κ3) is 1.62. The summed E-state index contributed by atoms with van der Waals surface area (Å²) in [7, 11) is 0. The second kappa shape index (κ2) is 3.88. The van der Waals surface area contributed by atoms with Gasteiger partial charge < -0.3 is 0 Å². The predicted molar refractivity (Wildman–Crippen MR) is 57.3 cm³/mol. The van der Waals surface area contributed by atoms with Crippen molar-refractivity contribution in [1.82, 2.24) is 19.8 Å². The van der Waals surface area contributed by atoms with Crippen LogP contribution in [0.4, 0.5) is 0 Å². The Bertz CT molecular complexity index is 584. The van der Waals surface area contributed by atoms with Crippen LogP contribution in [-0.4, -0.2) is 25.6 Å². The lowest BCUT2D eigenvalue weighted by Gasteiger charge is -2.09. The van der Waals surface area contributed by atoms with E-state index >= 15 is 0 Å². The number of rotatable bonds is 3. The lowest BCUT2D eigenvalue weighted by molar-refractivity contribution is -0.118. The zero-order valence-electron chi connectivity index (χ0n) is 9.10. The number of Topliss-reactive ketones (excluding diaryl/α,β-unsaturated/α-hetero) is 1. The van der Waals surface area contributed by atoms with Gasteiger partial charge in [-0.3, -0.25) is 4.79 Å². The smallest absolute Gasteiger partial charge is 0.299 e. The van der Waals surface area contributed by atoms with Gasteiger partial charge in [0.05, 0.1) is 11.6 Å². The van der Waals surface area contributed by atoms with E-state index < -0.39 is 5.69 Å². The maximum Gasteiger partial charge on any atom is 0.364 e. The first-order valence-electron chi connectivity index (χ1n) is 5.08. The number of aromatic amines is 1. The van der Waals surface area contributed by atoms with E-state index in [2.05, 4.69) is 15.3 Å². The minimum Gasteiger partial charge on any atom is -0.299 e. The molecule has 0 fully saturated rings. The molecule has 16 heavy (non-hydrogen) atoms. The maximum atomic E-state index is 11.4. The molecule has 6 nitrogen and oxygen atoms in total. The van der Waals surface area contributed by atoms with Crippen LogP contribution in [0.15, 0.2) is 16.9 Å². The highest BCUT2D eigenvalue weighted by molar-refractivity contribution is 5.82. The first-order chi connectivity index (χ1) is 7.63. The summed E-state index contributed by atoms with van der Waals surface area (Å²) in [5, 5.41) is 10.2. The molecule has 0 aliphatic carbocycles. The molecule has 2 rings (SSSR count). The van der Waals surface area contributed by atoms with Gasteiger partial charge in [-0.1, -0.05) is 6.92 Å². The standard InChI is InChI=1S/C10H12N4O2/c1-3-7(6(2)15)8-4-5-9-11-12-10(16)14(9)13-8/h4-5,7H,3H2,1-2H3,(H,12,16). The number of carbonyl (C=O) groups excluding carboxylic acids is 1. The lowest BCUT2D eigenvalue weighted by Crippen LogP contribution is -2.17. The van der Waals surface area contributed by atoms with E-state index in [-0.39, 0.29) is 11.7 Å². The van der Waals surface area contributed by atoms with E-state index in [4.69, 9.17) is 0 Å². The van der Waals surface area contributed by atoms with Crippen LogP contribution in [0.2, 0.25) is 0 Å². The SMILES string of the molecule is CCC(C(C)=O)c1ccc2n[nH]c(=O)n2n1. The van der Waals surface area contributed by atoms with Crippen LogP contribution in [0.1, 0.15) is 31.9 Å². The van der Waals surface area contributed by atoms with Crippen molar-refractivity contribution in [2.75, 3.05) is 0 Å². The Labute approximate surface area is 91.3 Å². The van der Waals surface area contributed by atoms with Crippen LogP contribution in [0, 0.1) is 0 Å². The first kappa shape index (κ1) is 10.5. The second-order valence-electron chi connectivity index (χ2n) is 3.63. The van der Waals surface area contributed by atoms with Crippen molar-refractivity contribution in [3.63, 3.8) is 0 Å². The molecule has 0 saturated heterocycles. The summed E-state index contributed by atoms with van der Waals surface area (Å²) < 4.78 is 1.17. The molecule has 1 atom stereocenters. The number of carbonyl (C=O) groups is 1. The van der Waals surface area contributed by atoms with Crippen molar-refractivity contribution in [2.45, 2.75) is 26.2 Å². The van der Waals surface area contributed by atoms with E-state index in [1.807, 2.05) is 6.92 Å². The highest BCUT2D eigenvalue weighted by Gasteiger charge is 2.17. The molecule has 1 N–H and O–H groups in total. The monoisotopic (exact) mass is 220 g/mol. The average molecular weight is 220 g/mol. The Morgan fingerprint density at radius 2 is 2.31 bits per heavy atom. The molecular formula is C10H12N4O2. The van der Waals surface area contributed by atoms with Gasteiger partial charge in [-0.25, -0.2) is 9.89 Å². The van der Waals surface area contributed by atoms with Crippen molar-refractivity contribution in [3.05, 3.63) is 28.3 Å². The largest absolute Gasteiger partial charge is 0.364 e. The first-order valence-corrected chi connectivity index (χ1v) is 5.08. The summed E-state index contributed by atoms with van der Waals surface area (Å²) in [6.07, 6.45) is 0.667. The van der Waals surface area contributed by atoms with Crippen LogP contribution >= 0.6 is 0 Å².